The van der Waals surface area contributed by atoms with Crippen molar-refractivity contribution >= 4 is 0 Å². The van der Waals surface area contributed by atoms with Gasteiger partial charge in [0.25, 0.3) is 0 Å². The van der Waals surface area contributed by atoms with Gasteiger partial charge in [-0.2, -0.15) is 0 Å². The molecule has 1 aliphatic heterocycles. The van der Waals surface area contributed by atoms with Crippen LogP contribution in [-0.2, 0) is 9.47 Å². The van der Waals surface area contributed by atoms with Crippen molar-refractivity contribution in [1.82, 2.24) is 10.2 Å². The highest BCUT2D eigenvalue weighted by molar-refractivity contribution is 4.81. The van der Waals surface area contributed by atoms with Crippen molar-refractivity contribution in [3.05, 3.63) is 0 Å². The van der Waals surface area contributed by atoms with Crippen molar-refractivity contribution < 1.29 is 9.47 Å². The molecule has 0 aromatic rings. The number of hydrogen-bond acceptors (Lipinski definition) is 4. The van der Waals surface area contributed by atoms with Crippen LogP contribution in [-0.4, -0.2) is 63.0 Å². The Morgan fingerprint density at radius 2 is 2.24 bits per heavy atom. The number of nitrogens with one attached hydrogen (secondary N) is 1. The molecule has 4 nitrogen and oxygen atoms in total. The predicted molar refractivity (Wildman–Crippen MR) is 70.4 cm³/mol. The molecule has 3 unspecified atom stereocenters. The van der Waals surface area contributed by atoms with Crippen molar-refractivity contribution in [1.29, 1.82) is 0 Å². The number of morpholine rings is 1. The predicted octanol–water partition coefficient (Wildman–Crippen LogP) is 1.11. The summed E-state index contributed by atoms with van der Waals surface area (Å²) in [5.74, 6) is 0. The molecule has 1 aliphatic rings. The van der Waals surface area contributed by atoms with Crippen LogP contribution in [0.2, 0.25) is 0 Å². The SMILES string of the molecule is CCNC(COC)CN1CC(C)OCC1CC. The molecule has 0 bridgehead atoms. The lowest BCUT2D eigenvalue weighted by Crippen LogP contribution is -2.54. The quantitative estimate of drug-likeness (QED) is 0.727. The average Bonchev–Trinajstić information content (AvgIpc) is 2.30. The van der Waals surface area contributed by atoms with Gasteiger partial charge in [-0.05, 0) is 19.9 Å². The summed E-state index contributed by atoms with van der Waals surface area (Å²) in [5, 5.41) is 3.48. The summed E-state index contributed by atoms with van der Waals surface area (Å²) in [5.41, 5.74) is 0. The highest BCUT2D eigenvalue weighted by atomic mass is 16.5. The van der Waals surface area contributed by atoms with E-state index in [4.69, 9.17) is 9.47 Å². The third-order valence-corrected chi connectivity index (χ3v) is 3.37. The van der Waals surface area contributed by atoms with E-state index in [1.54, 1.807) is 7.11 Å². The minimum atomic E-state index is 0.350. The van der Waals surface area contributed by atoms with E-state index in [1.807, 2.05) is 0 Å². The maximum absolute atomic E-state index is 5.72. The highest BCUT2D eigenvalue weighted by Crippen LogP contribution is 2.14. The molecule has 102 valence electrons. The van der Waals surface area contributed by atoms with Crippen LogP contribution in [0.5, 0.6) is 0 Å². The van der Waals surface area contributed by atoms with Crippen molar-refractivity contribution in [3.8, 4) is 0 Å². The molecule has 0 amide bonds. The number of likely N-dealkylation sites (N-methyl/N-ethyl adjacent to an activating group) is 1. The molecule has 1 fully saturated rings. The van der Waals surface area contributed by atoms with Gasteiger partial charge in [-0.3, -0.25) is 4.90 Å². The third-order valence-electron chi connectivity index (χ3n) is 3.37. The summed E-state index contributed by atoms with van der Waals surface area (Å²) in [6.07, 6.45) is 1.50. The lowest BCUT2D eigenvalue weighted by molar-refractivity contribution is -0.0606. The average molecular weight is 244 g/mol. The first-order chi connectivity index (χ1) is 8.21. The summed E-state index contributed by atoms with van der Waals surface area (Å²) < 4.78 is 11.0. The largest absolute Gasteiger partial charge is 0.383 e. The molecule has 0 saturated carbocycles. The normalized spacial score (nSPS) is 28.2. The second-order valence-electron chi connectivity index (χ2n) is 4.87. The van der Waals surface area contributed by atoms with E-state index < -0.39 is 0 Å². The molecule has 1 heterocycles. The van der Waals surface area contributed by atoms with Gasteiger partial charge in [-0.15, -0.1) is 0 Å². The fourth-order valence-corrected chi connectivity index (χ4v) is 2.46. The Kier molecular flexibility index (Phi) is 7.04. The lowest BCUT2D eigenvalue weighted by atomic mass is 10.1. The van der Waals surface area contributed by atoms with Crippen molar-refractivity contribution in [3.63, 3.8) is 0 Å². The number of methoxy groups -OCH3 is 1. The van der Waals surface area contributed by atoms with Crippen molar-refractivity contribution in [2.75, 3.05) is 40.0 Å². The first-order valence-electron chi connectivity index (χ1n) is 6.79. The summed E-state index contributed by atoms with van der Waals surface area (Å²) in [4.78, 5) is 2.54. The monoisotopic (exact) mass is 244 g/mol. The van der Waals surface area contributed by atoms with Gasteiger partial charge in [-0.1, -0.05) is 13.8 Å². The highest BCUT2D eigenvalue weighted by Gasteiger charge is 2.27. The van der Waals surface area contributed by atoms with Crippen LogP contribution >= 0.6 is 0 Å². The van der Waals surface area contributed by atoms with Crippen LogP contribution in [0.4, 0.5) is 0 Å². The van der Waals surface area contributed by atoms with Crippen LogP contribution in [0.1, 0.15) is 27.2 Å². The molecular weight excluding hydrogens is 216 g/mol. The van der Waals surface area contributed by atoms with Crippen molar-refractivity contribution in [2.45, 2.75) is 45.4 Å². The first-order valence-corrected chi connectivity index (χ1v) is 6.79. The van der Waals surface area contributed by atoms with Gasteiger partial charge >= 0.3 is 0 Å². The molecule has 0 radical (unpaired) electrons. The fraction of sp³-hybridized carbons (Fsp3) is 1.00. The zero-order valence-corrected chi connectivity index (χ0v) is 11.7. The number of ether oxygens (including phenoxy) is 2. The molecule has 0 aromatic carbocycles. The third kappa shape index (κ3) is 4.92. The maximum atomic E-state index is 5.72. The zero-order valence-electron chi connectivity index (χ0n) is 11.7. The van der Waals surface area contributed by atoms with E-state index in [9.17, 15) is 0 Å². The molecule has 0 aliphatic carbocycles. The molecule has 1 rings (SSSR count). The van der Waals surface area contributed by atoms with Crippen LogP contribution in [0, 0.1) is 0 Å². The Hall–Kier alpha value is -0.160. The Morgan fingerprint density at radius 3 is 2.82 bits per heavy atom. The lowest BCUT2D eigenvalue weighted by Gasteiger charge is -2.40. The fourth-order valence-electron chi connectivity index (χ4n) is 2.46. The molecule has 1 saturated heterocycles. The summed E-state index contributed by atoms with van der Waals surface area (Å²) in [6, 6.07) is 0.980. The first kappa shape index (κ1) is 14.9. The minimum Gasteiger partial charge on any atom is -0.383 e. The van der Waals surface area contributed by atoms with Crippen molar-refractivity contribution in [2.24, 2.45) is 0 Å². The minimum absolute atomic E-state index is 0.350. The van der Waals surface area contributed by atoms with Gasteiger partial charge in [0, 0.05) is 32.3 Å². The molecule has 3 atom stereocenters. The smallest absolute Gasteiger partial charge is 0.0674 e. The van der Waals surface area contributed by atoms with Crippen LogP contribution in [0.3, 0.4) is 0 Å². The van der Waals surface area contributed by atoms with Gasteiger partial charge in [0.15, 0.2) is 0 Å². The number of rotatable bonds is 7. The molecule has 0 aromatic heterocycles. The van der Waals surface area contributed by atoms with E-state index in [2.05, 4.69) is 31.0 Å². The standard InChI is InChI=1S/C13H28N2O2/c1-5-13-10-17-11(3)7-15(13)8-12(9-16-4)14-6-2/h11-14H,5-10H2,1-4H3. The summed E-state index contributed by atoms with van der Waals surface area (Å²) in [6.45, 7) is 11.2. The summed E-state index contributed by atoms with van der Waals surface area (Å²) >= 11 is 0. The topological polar surface area (TPSA) is 33.7 Å². The van der Waals surface area contributed by atoms with E-state index in [0.29, 0.717) is 18.2 Å². The van der Waals surface area contributed by atoms with Gasteiger partial charge in [-0.25, -0.2) is 0 Å². The summed E-state index contributed by atoms with van der Waals surface area (Å²) in [7, 11) is 1.77. The van der Waals surface area contributed by atoms with Crippen LogP contribution in [0.25, 0.3) is 0 Å². The molecule has 0 spiro atoms. The second kappa shape index (κ2) is 8.03. The van der Waals surface area contributed by atoms with Gasteiger partial charge in [0.2, 0.25) is 0 Å². The Labute approximate surface area is 106 Å². The van der Waals surface area contributed by atoms with Crippen LogP contribution in [0.15, 0.2) is 0 Å². The van der Waals surface area contributed by atoms with Gasteiger partial charge < -0.3 is 14.8 Å². The van der Waals surface area contributed by atoms with Crippen LogP contribution < -0.4 is 5.32 Å². The van der Waals surface area contributed by atoms with Gasteiger partial charge in [0.1, 0.15) is 0 Å². The Bertz CT molecular complexity index is 196. The maximum Gasteiger partial charge on any atom is 0.0674 e. The molecule has 4 heteroatoms. The van der Waals surface area contributed by atoms with E-state index >= 15 is 0 Å². The molecule has 1 N–H and O–H groups in total. The Morgan fingerprint density at radius 1 is 1.47 bits per heavy atom. The second-order valence-corrected chi connectivity index (χ2v) is 4.87. The Balaban J connectivity index is 2.48. The van der Waals surface area contributed by atoms with Gasteiger partial charge in [0.05, 0.1) is 19.3 Å². The van der Waals surface area contributed by atoms with E-state index in [-0.39, 0.29) is 0 Å². The molecular formula is C13H28N2O2. The van der Waals surface area contributed by atoms with E-state index in [0.717, 1.165) is 39.3 Å². The zero-order chi connectivity index (χ0) is 12.7. The molecule has 17 heavy (non-hydrogen) atoms. The number of nitrogens with zero attached hydrogens (tertiary/aromatic N) is 1. The number of hydrogen-bond donors (Lipinski definition) is 1. The van der Waals surface area contributed by atoms with E-state index in [1.165, 1.54) is 0 Å².